The van der Waals surface area contributed by atoms with E-state index >= 15 is 0 Å². The molecule has 2 fully saturated rings. The molecular formula is C16H23N3O. The summed E-state index contributed by atoms with van der Waals surface area (Å²) in [5.74, 6) is 1.13. The maximum atomic E-state index is 11.1. The van der Waals surface area contributed by atoms with Crippen molar-refractivity contribution in [2.24, 2.45) is 0 Å². The molecule has 1 atom stereocenters. The number of aryl methyl sites for hydroxylation is 1. The number of amides is 1. The molecule has 3 heterocycles. The van der Waals surface area contributed by atoms with Crippen LogP contribution in [0.2, 0.25) is 0 Å². The van der Waals surface area contributed by atoms with Crippen molar-refractivity contribution >= 4 is 12.2 Å². The molecule has 0 saturated carbocycles. The number of rotatable bonds is 3. The van der Waals surface area contributed by atoms with Crippen LogP contribution in [-0.4, -0.2) is 35.9 Å². The molecule has 0 N–H and O–H groups in total. The molecule has 0 aliphatic carbocycles. The van der Waals surface area contributed by atoms with Crippen LogP contribution in [0.25, 0.3) is 0 Å². The van der Waals surface area contributed by atoms with Gasteiger partial charge >= 0.3 is 0 Å². The monoisotopic (exact) mass is 273 g/mol. The first kappa shape index (κ1) is 13.4. The van der Waals surface area contributed by atoms with Gasteiger partial charge in [0.1, 0.15) is 5.82 Å². The van der Waals surface area contributed by atoms with E-state index in [2.05, 4.69) is 17.9 Å². The van der Waals surface area contributed by atoms with E-state index in [-0.39, 0.29) is 6.04 Å². The molecule has 0 aromatic carbocycles. The van der Waals surface area contributed by atoms with Crippen LogP contribution >= 0.6 is 0 Å². The molecule has 0 unspecified atom stereocenters. The fourth-order valence-corrected chi connectivity index (χ4v) is 3.48. The number of likely N-dealkylation sites (tertiary alicyclic amines) is 1. The Morgan fingerprint density at radius 2 is 2.00 bits per heavy atom. The van der Waals surface area contributed by atoms with E-state index in [0.717, 1.165) is 44.7 Å². The van der Waals surface area contributed by atoms with E-state index in [9.17, 15) is 4.79 Å². The Hall–Kier alpha value is -1.58. The van der Waals surface area contributed by atoms with Crippen molar-refractivity contribution in [3.8, 4) is 0 Å². The predicted octanol–water partition coefficient (Wildman–Crippen LogP) is 2.67. The zero-order chi connectivity index (χ0) is 13.9. The Labute approximate surface area is 120 Å². The summed E-state index contributed by atoms with van der Waals surface area (Å²) < 4.78 is 0. The van der Waals surface area contributed by atoms with Crippen LogP contribution in [0.1, 0.15) is 49.3 Å². The number of pyridine rings is 1. The van der Waals surface area contributed by atoms with Crippen LogP contribution in [0.15, 0.2) is 12.3 Å². The fourth-order valence-electron chi connectivity index (χ4n) is 3.48. The summed E-state index contributed by atoms with van der Waals surface area (Å²) in [7, 11) is 0. The van der Waals surface area contributed by atoms with Gasteiger partial charge in [-0.15, -0.1) is 0 Å². The van der Waals surface area contributed by atoms with Gasteiger partial charge in [0.05, 0.1) is 6.04 Å². The Kier molecular flexibility index (Phi) is 3.90. The Morgan fingerprint density at radius 1 is 1.20 bits per heavy atom. The normalized spacial score (nSPS) is 23.1. The first-order chi connectivity index (χ1) is 9.79. The Morgan fingerprint density at radius 3 is 2.70 bits per heavy atom. The van der Waals surface area contributed by atoms with Crippen molar-refractivity contribution in [1.29, 1.82) is 0 Å². The zero-order valence-corrected chi connectivity index (χ0v) is 12.2. The van der Waals surface area contributed by atoms with Crippen molar-refractivity contribution in [2.45, 2.75) is 45.1 Å². The standard InChI is InChI=1S/C16H23N3O/c1-13-10-14(15-6-5-9-19(15)12-20)11-17-16(13)18-7-3-2-4-8-18/h10-12,15H,2-9H2,1H3/t15-/m0/s1. The number of anilines is 1. The first-order valence-electron chi connectivity index (χ1n) is 7.72. The molecule has 108 valence electrons. The lowest BCUT2D eigenvalue weighted by Crippen LogP contribution is -2.31. The molecule has 2 saturated heterocycles. The number of carbonyl (C=O) groups excluding carboxylic acids is 1. The minimum absolute atomic E-state index is 0.231. The highest BCUT2D eigenvalue weighted by Crippen LogP contribution is 2.32. The minimum Gasteiger partial charge on any atom is -0.356 e. The van der Waals surface area contributed by atoms with E-state index in [1.807, 2.05) is 11.1 Å². The third-order valence-corrected chi connectivity index (χ3v) is 4.54. The second kappa shape index (κ2) is 5.81. The molecule has 3 rings (SSSR count). The topological polar surface area (TPSA) is 36.4 Å². The van der Waals surface area contributed by atoms with Gasteiger partial charge in [-0.2, -0.15) is 0 Å². The molecule has 0 spiro atoms. The number of hydrogen-bond donors (Lipinski definition) is 0. The molecule has 2 aliphatic heterocycles. The van der Waals surface area contributed by atoms with Crippen LogP contribution in [0, 0.1) is 6.92 Å². The summed E-state index contributed by atoms with van der Waals surface area (Å²) >= 11 is 0. The number of aromatic nitrogens is 1. The Bertz CT molecular complexity index is 483. The predicted molar refractivity (Wildman–Crippen MR) is 79.8 cm³/mol. The Balaban J connectivity index is 1.81. The van der Waals surface area contributed by atoms with Crippen molar-refractivity contribution in [3.63, 3.8) is 0 Å². The quantitative estimate of drug-likeness (QED) is 0.794. The van der Waals surface area contributed by atoms with Crippen LogP contribution in [0.3, 0.4) is 0 Å². The molecule has 1 amide bonds. The highest BCUT2D eigenvalue weighted by atomic mass is 16.1. The first-order valence-corrected chi connectivity index (χ1v) is 7.72. The number of hydrogen-bond acceptors (Lipinski definition) is 3. The average molecular weight is 273 g/mol. The van der Waals surface area contributed by atoms with Crippen LogP contribution in [0.4, 0.5) is 5.82 Å². The molecule has 4 heteroatoms. The number of piperidine rings is 1. The van der Waals surface area contributed by atoms with E-state index in [1.54, 1.807) is 0 Å². The molecule has 1 aromatic heterocycles. The fraction of sp³-hybridized carbons (Fsp3) is 0.625. The van der Waals surface area contributed by atoms with Crippen molar-refractivity contribution in [2.75, 3.05) is 24.5 Å². The van der Waals surface area contributed by atoms with Crippen molar-refractivity contribution in [3.05, 3.63) is 23.4 Å². The second-order valence-corrected chi connectivity index (χ2v) is 5.96. The molecule has 2 aliphatic rings. The summed E-state index contributed by atoms with van der Waals surface area (Å²) in [5.41, 5.74) is 2.43. The third kappa shape index (κ3) is 2.51. The molecule has 0 bridgehead atoms. The van der Waals surface area contributed by atoms with Crippen LogP contribution in [-0.2, 0) is 4.79 Å². The second-order valence-electron chi connectivity index (χ2n) is 5.96. The lowest BCUT2D eigenvalue weighted by atomic mass is 10.0. The number of nitrogens with zero attached hydrogens (tertiary/aromatic N) is 3. The van der Waals surface area contributed by atoms with E-state index in [0.29, 0.717) is 0 Å². The molecule has 4 nitrogen and oxygen atoms in total. The van der Waals surface area contributed by atoms with Crippen LogP contribution < -0.4 is 4.90 Å². The highest BCUT2D eigenvalue weighted by molar-refractivity contribution is 5.52. The van der Waals surface area contributed by atoms with Gasteiger partial charge in [-0.3, -0.25) is 4.79 Å². The van der Waals surface area contributed by atoms with E-state index < -0.39 is 0 Å². The highest BCUT2D eigenvalue weighted by Gasteiger charge is 2.25. The van der Waals surface area contributed by atoms with Gasteiger partial charge in [0.15, 0.2) is 0 Å². The lowest BCUT2D eigenvalue weighted by molar-refractivity contribution is -0.118. The van der Waals surface area contributed by atoms with Gasteiger partial charge in [0.2, 0.25) is 6.41 Å². The van der Waals surface area contributed by atoms with Crippen LogP contribution in [0.5, 0.6) is 0 Å². The zero-order valence-electron chi connectivity index (χ0n) is 12.2. The minimum atomic E-state index is 0.231. The molecule has 1 aromatic rings. The SMILES string of the molecule is Cc1cc([C@@H]2CCCN2C=O)cnc1N1CCCCC1. The summed E-state index contributed by atoms with van der Waals surface area (Å²) in [5, 5.41) is 0. The smallest absolute Gasteiger partial charge is 0.210 e. The summed E-state index contributed by atoms with van der Waals surface area (Å²) in [4.78, 5) is 20.1. The molecule has 20 heavy (non-hydrogen) atoms. The lowest BCUT2D eigenvalue weighted by Gasteiger charge is -2.29. The molecular weight excluding hydrogens is 250 g/mol. The van der Waals surface area contributed by atoms with Gasteiger partial charge in [0.25, 0.3) is 0 Å². The maximum Gasteiger partial charge on any atom is 0.210 e. The number of carbonyl (C=O) groups is 1. The van der Waals surface area contributed by atoms with Gasteiger partial charge in [-0.05, 0) is 56.2 Å². The summed E-state index contributed by atoms with van der Waals surface area (Å²) in [6.07, 6.45) is 8.98. The van der Waals surface area contributed by atoms with Crippen molar-refractivity contribution < 1.29 is 4.79 Å². The van der Waals surface area contributed by atoms with E-state index in [4.69, 9.17) is 4.98 Å². The largest absolute Gasteiger partial charge is 0.356 e. The van der Waals surface area contributed by atoms with Gasteiger partial charge in [-0.25, -0.2) is 4.98 Å². The summed E-state index contributed by atoms with van der Waals surface area (Å²) in [6.45, 7) is 5.26. The van der Waals surface area contributed by atoms with Gasteiger partial charge in [0, 0.05) is 25.8 Å². The van der Waals surface area contributed by atoms with Crippen molar-refractivity contribution in [1.82, 2.24) is 9.88 Å². The third-order valence-electron chi connectivity index (χ3n) is 4.54. The van der Waals surface area contributed by atoms with Gasteiger partial charge < -0.3 is 9.80 Å². The van der Waals surface area contributed by atoms with Gasteiger partial charge in [-0.1, -0.05) is 0 Å². The van der Waals surface area contributed by atoms with E-state index in [1.165, 1.54) is 30.4 Å². The summed E-state index contributed by atoms with van der Waals surface area (Å²) in [6, 6.07) is 2.46. The maximum absolute atomic E-state index is 11.1. The average Bonchev–Trinajstić information content (AvgIpc) is 2.96. The molecule has 0 radical (unpaired) electrons.